The molecule has 31 heavy (non-hydrogen) atoms. The van der Waals surface area contributed by atoms with Crippen molar-refractivity contribution in [3.05, 3.63) is 84.0 Å². The van der Waals surface area contributed by atoms with E-state index in [1.165, 1.54) is 0 Å². The van der Waals surface area contributed by atoms with Crippen LogP contribution in [0.15, 0.2) is 78.5 Å². The summed E-state index contributed by atoms with van der Waals surface area (Å²) < 4.78 is 1.74. The molecule has 0 atom stereocenters. The molecule has 1 aromatic heterocycles. The number of carbonyl (C=O) groups is 2. The van der Waals surface area contributed by atoms with Crippen LogP contribution in [0.5, 0.6) is 0 Å². The first kappa shape index (κ1) is 23.1. The summed E-state index contributed by atoms with van der Waals surface area (Å²) in [5, 5.41) is 27.7. The normalized spacial score (nSPS) is 13.2. The Balaban J connectivity index is 2.09. The molecule has 7 nitrogen and oxygen atoms in total. The number of allylic oxidation sites excluding steroid dienone is 8. The summed E-state index contributed by atoms with van der Waals surface area (Å²) in [6.07, 6.45) is 16.1. The number of ketones is 1. The van der Waals surface area contributed by atoms with Gasteiger partial charge in [0, 0.05) is 43.1 Å². The van der Waals surface area contributed by atoms with Crippen LogP contribution in [0.3, 0.4) is 0 Å². The highest BCUT2D eigenvalue weighted by atomic mass is 16.4. The van der Waals surface area contributed by atoms with Crippen LogP contribution in [-0.2, 0) is 16.1 Å². The molecule has 0 unspecified atom stereocenters. The number of hydrogen-bond donors (Lipinski definition) is 1. The minimum atomic E-state index is -0.867. The lowest BCUT2D eigenvalue weighted by atomic mass is 10.1. The van der Waals surface area contributed by atoms with Gasteiger partial charge in [-0.15, -0.1) is 0 Å². The summed E-state index contributed by atoms with van der Waals surface area (Å²) in [6.45, 7) is 2.50. The number of hydrogen-bond acceptors (Lipinski definition) is 5. The maximum Gasteiger partial charge on any atom is 0.309 e. The van der Waals surface area contributed by atoms with Crippen LogP contribution in [0.25, 0.3) is 5.57 Å². The van der Waals surface area contributed by atoms with Crippen molar-refractivity contribution in [2.75, 3.05) is 6.54 Å². The number of aliphatic carboxylic acids is 1. The molecule has 0 fully saturated rings. The SMILES string of the molecule is CC(=O)CCN1C=CC(=C(C#N)/C=C/C=C(\C#N)c2cc[n+](CCC(=O)O)cc2)C=C1. The Morgan fingerprint density at radius 3 is 2.35 bits per heavy atom. The van der Waals surface area contributed by atoms with Crippen molar-refractivity contribution in [2.45, 2.75) is 26.3 Å². The molecule has 0 amide bonds. The van der Waals surface area contributed by atoms with E-state index >= 15 is 0 Å². The summed E-state index contributed by atoms with van der Waals surface area (Å²) >= 11 is 0. The molecule has 156 valence electrons. The highest BCUT2D eigenvalue weighted by Crippen LogP contribution is 2.16. The molecule has 2 heterocycles. The molecule has 0 bridgehead atoms. The molecule has 1 N–H and O–H groups in total. The second kappa shape index (κ2) is 11.7. The van der Waals surface area contributed by atoms with Gasteiger partial charge >= 0.3 is 5.97 Å². The van der Waals surface area contributed by atoms with E-state index in [-0.39, 0.29) is 12.2 Å². The average Bonchev–Trinajstić information content (AvgIpc) is 2.77. The van der Waals surface area contributed by atoms with Gasteiger partial charge in [-0.05, 0) is 36.8 Å². The Morgan fingerprint density at radius 2 is 1.81 bits per heavy atom. The van der Waals surface area contributed by atoms with Gasteiger partial charge in [-0.1, -0.05) is 6.08 Å². The third kappa shape index (κ3) is 7.60. The quantitative estimate of drug-likeness (QED) is 0.377. The van der Waals surface area contributed by atoms with Gasteiger partial charge < -0.3 is 10.0 Å². The molecule has 7 heteroatoms. The Bertz CT molecular complexity index is 1050. The third-order valence-electron chi connectivity index (χ3n) is 4.48. The monoisotopic (exact) mass is 415 g/mol. The van der Waals surface area contributed by atoms with Crippen LogP contribution >= 0.6 is 0 Å². The van der Waals surface area contributed by atoms with E-state index in [0.29, 0.717) is 36.2 Å². The van der Waals surface area contributed by atoms with Gasteiger partial charge in [0.05, 0.1) is 23.3 Å². The van der Waals surface area contributed by atoms with Crippen LogP contribution in [0.2, 0.25) is 0 Å². The van der Waals surface area contributed by atoms with Crippen LogP contribution < -0.4 is 4.57 Å². The number of rotatable bonds is 9. The zero-order chi connectivity index (χ0) is 22.6. The largest absolute Gasteiger partial charge is 0.481 e. The molecule has 0 radical (unpaired) electrons. The second-order valence-electron chi connectivity index (χ2n) is 6.82. The number of nitriles is 2. The molecular formula is C24H23N4O3+. The number of Topliss-reactive ketones (excluding diaryl/α,β-unsaturated/α-hetero) is 1. The van der Waals surface area contributed by atoms with Crippen LogP contribution in [0.4, 0.5) is 0 Å². The van der Waals surface area contributed by atoms with Gasteiger partial charge in [0.2, 0.25) is 0 Å². The lowest BCUT2D eigenvalue weighted by molar-refractivity contribution is -0.696. The number of carbonyl (C=O) groups excluding carboxylic acids is 1. The van der Waals surface area contributed by atoms with E-state index in [2.05, 4.69) is 12.1 Å². The van der Waals surface area contributed by atoms with Gasteiger partial charge in [0.1, 0.15) is 12.2 Å². The topological polar surface area (TPSA) is 109 Å². The Hall–Kier alpha value is -4.23. The zero-order valence-electron chi connectivity index (χ0n) is 17.2. The first-order valence-electron chi connectivity index (χ1n) is 9.68. The van der Waals surface area contributed by atoms with Crippen molar-refractivity contribution in [3.8, 4) is 12.1 Å². The number of nitrogens with zero attached hydrogens (tertiary/aromatic N) is 4. The molecule has 2 rings (SSSR count). The summed E-state index contributed by atoms with van der Waals surface area (Å²) in [7, 11) is 0. The highest BCUT2D eigenvalue weighted by Gasteiger charge is 2.08. The van der Waals surface area contributed by atoms with Gasteiger partial charge in [0.15, 0.2) is 18.9 Å². The number of carboxylic acid groups (broad SMARTS) is 1. The Labute approximate surface area is 181 Å². The fourth-order valence-electron chi connectivity index (χ4n) is 2.72. The molecule has 1 aliphatic rings. The van der Waals surface area contributed by atoms with Crippen LogP contribution in [0.1, 0.15) is 25.3 Å². The fraction of sp³-hybridized carbons (Fsp3) is 0.208. The van der Waals surface area contributed by atoms with Crippen molar-refractivity contribution < 1.29 is 19.3 Å². The van der Waals surface area contributed by atoms with E-state index in [9.17, 15) is 20.1 Å². The van der Waals surface area contributed by atoms with Crippen molar-refractivity contribution in [3.63, 3.8) is 0 Å². The van der Waals surface area contributed by atoms with E-state index in [1.54, 1.807) is 54.2 Å². The fourth-order valence-corrected chi connectivity index (χ4v) is 2.72. The molecule has 0 saturated carbocycles. The summed E-state index contributed by atoms with van der Waals surface area (Å²) in [5.41, 5.74) is 2.31. The van der Waals surface area contributed by atoms with Crippen molar-refractivity contribution in [1.29, 1.82) is 10.5 Å². The third-order valence-corrected chi connectivity index (χ3v) is 4.48. The Kier molecular flexibility index (Phi) is 8.70. The highest BCUT2D eigenvalue weighted by molar-refractivity contribution is 5.77. The van der Waals surface area contributed by atoms with Gasteiger partial charge in [0.25, 0.3) is 0 Å². The summed E-state index contributed by atoms with van der Waals surface area (Å²) in [4.78, 5) is 23.6. The molecule has 0 saturated heterocycles. The molecule has 1 aliphatic heterocycles. The smallest absolute Gasteiger partial charge is 0.309 e. The van der Waals surface area contributed by atoms with Crippen LogP contribution in [0, 0.1) is 22.7 Å². The van der Waals surface area contributed by atoms with Gasteiger partial charge in [-0.3, -0.25) is 9.59 Å². The minimum absolute atomic E-state index is 0.0245. The maximum absolute atomic E-state index is 11.1. The molecule has 1 aromatic rings. The lowest BCUT2D eigenvalue weighted by Crippen LogP contribution is -2.33. The summed E-state index contributed by atoms with van der Waals surface area (Å²) in [6, 6.07) is 7.78. The molecule has 0 spiro atoms. The molecule has 0 aromatic carbocycles. The number of carboxylic acids is 1. The van der Waals surface area contributed by atoms with Gasteiger partial charge in [-0.2, -0.15) is 10.5 Å². The zero-order valence-corrected chi connectivity index (χ0v) is 17.2. The van der Waals surface area contributed by atoms with E-state index in [4.69, 9.17) is 5.11 Å². The standard InChI is InChI=1S/C24H22N4O3/c1-19(29)5-11-27-12-6-20(7-13-27)22(17-25)3-2-4-23(18-26)21-8-14-28(15-9-21)16-10-24(30)31/h2-4,6-9,12-15H,5,10-11,16H2,1H3/p+1. The average molecular weight is 415 g/mol. The number of aryl methyl sites for hydroxylation is 1. The van der Waals surface area contributed by atoms with Crippen molar-refractivity contribution >= 4 is 17.3 Å². The number of aromatic nitrogens is 1. The predicted molar refractivity (Wildman–Crippen MR) is 115 cm³/mol. The first-order chi connectivity index (χ1) is 14.9. The second-order valence-corrected chi connectivity index (χ2v) is 6.82. The molecular weight excluding hydrogens is 392 g/mol. The Morgan fingerprint density at radius 1 is 1.13 bits per heavy atom. The van der Waals surface area contributed by atoms with Crippen molar-refractivity contribution in [1.82, 2.24) is 4.90 Å². The van der Waals surface area contributed by atoms with Gasteiger partial charge in [-0.25, -0.2) is 4.57 Å². The number of pyridine rings is 1. The van der Waals surface area contributed by atoms with Crippen LogP contribution in [-0.4, -0.2) is 28.3 Å². The van der Waals surface area contributed by atoms with E-state index in [0.717, 1.165) is 5.57 Å². The van der Waals surface area contributed by atoms with E-state index in [1.807, 2.05) is 29.5 Å². The van der Waals surface area contributed by atoms with E-state index < -0.39 is 5.97 Å². The van der Waals surface area contributed by atoms with Crippen molar-refractivity contribution in [2.24, 2.45) is 0 Å². The first-order valence-corrected chi connectivity index (χ1v) is 9.68. The molecule has 0 aliphatic carbocycles. The summed E-state index contributed by atoms with van der Waals surface area (Å²) in [5.74, 6) is -0.745. The minimum Gasteiger partial charge on any atom is -0.481 e. The predicted octanol–water partition coefficient (Wildman–Crippen LogP) is 3.05. The maximum atomic E-state index is 11.1. The lowest BCUT2D eigenvalue weighted by Gasteiger charge is -2.18.